The topological polar surface area (TPSA) is 43.2 Å². The normalized spacial score (nSPS) is 14.3. The fourth-order valence-electron chi connectivity index (χ4n) is 2.45. The highest BCUT2D eigenvalue weighted by atomic mass is 32.2. The Bertz CT molecular complexity index is 584. The summed E-state index contributed by atoms with van der Waals surface area (Å²) in [6, 6.07) is 2.07. The van der Waals surface area contributed by atoms with Gasteiger partial charge in [-0.3, -0.25) is 0 Å². The molecule has 2 rings (SSSR count). The van der Waals surface area contributed by atoms with Crippen LogP contribution in [0.15, 0.2) is 18.6 Å². The number of ether oxygens (including phenoxy) is 1. The van der Waals surface area contributed by atoms with E-state index in [9.17, 15) is 0 Å². The molecule has 0 spiro atoms. The number of hydrogen-bond donors (Lipinski definition) is 0. The molecule has 0 aliphatic heterocycles. The van der Waals surface area contributed by atoms with Gasteiger partial charge >= 0.3 is 0 Å². The van der Waals surface area contributed by atoms with E-state index in [4.69, 9.17) is 4.74 Å². The largest absolute Gasteiger partial charge is 0.362 e. The highest BCUT2D eigenvalue weighted by molar-refractivity contribution is 7.98. The molecule has 2 unspecified atom stereocenters. The maximum absolute atomic E-state index is 6.16. The zero-order valence-electron chi connectivity index (χ0n) is 13.4. The summed E-state index contributed by atoms with van der Waals surface area (Å²) in [4.78, 5) is 10.8. The van der Waals surface area contributed by atoms with Crippen LogP contribution < -0.4 is 4.90 Å². The minimum absolute atomic E-state index is 0.00885. The minimum atomic E-state index is 0.00885. The van der Waals surface area contributed by atoms with Gasteiger partial charge < -0.3 is 14.2 Å². The third-order valence-electron chi connectivity index (χ3n) is 3.36. The van der Waals surface area contributed by atoms with Gasteiger partial charge in [-0.05, 0) is 25.7 Å². The van der Waals surface area contributed by atoms with Crippen LogP contribution in [-0.2, 0) is 4.74 Å². The summed E-state index contributed by atoms with van der Waals surface area (Å²) in [6.45, 7) is 4.25. The number of anilines is 1. The van der Waals surface area contributed by atoms with Gasteiger partial charge in [0.15, 0.2) is 0 Å². The number of hydrogen-bond acceptors (Lipinski definition) is 5. The van der Waals surface area contributed by atoms with E-state index in [0.29, 0.717) is 0 Å². The van der Waals surface area contributed by atoms with Crippen molar-refractivity contribution in [2.45, 2.75) is 32.6 Å². The molecule has 0 aromatic carbocycles. The standard InChI is InChI=1S/C15H24N4OS/c1-6-13(20-11(2)9-21-5)19-8-7-12-14(18(3)4)16-10-17-15(12)19/h7-8,10-11,13H,6,9H2,1-5H3. The molecule has 116 valence electrons. The maximum atomic E-state index is 6.16. The van der Waals surface area contributed by atoms with Crippen LogP contribution in [0, 0.1) is 0 Å². The van der Waals surface area contributed by atoms with E-state index in [1.54, 1.807) is 18.1 Å². The fourth-order valence-corrected chi connectivity index (χ4v) is 2.99. The predicted molar refractivity (Wildman–Crippen MR) is 90.1 cm³/mol. The summed E-state index contributed by atoms with van der Waals surface area (Å²) >= 11 is 1.80. The SMILES string of the molecule is CCC(OC(C)CSC)n1ccc2c(N(C)C)ncnc21. The first-order valence-corrected chi connectivity index (χ1v) is 8.61. The zero-order chi connectivity index (χ0) is 15.4. The van der Waals surface area contributed by atoms with Crippen LogP contribution in [-0.4, -0.2) is 46.7 Å². The molecule has 0 fully saturated rings. The fraction of sp³-hybridized carbons (Fsp3) is 0.600. The molecule has 0 aliphatic carbocycles. The molecule has 0 saturated carbocycles. The second-order valence-corrected chi connectivity index (χ2v) is 6.23. The number of thioether (sulfide) groups is 1. The summed E-state index contributed by atoms with van der Waals surface area (Å²) in [5.41, 5.74) is 0.928. The monoisotopic (exact) mass is 308 g/mol. The van der Waals surface area contributed by atoms with Gasteiger partial charge in [-0.15, -0.1) is 0 Å². The molecule has 2 atom stereocenters. The molecule has 2 aromatic heterocycles. The number of fused-ring (bicyclic) bond motifs is 1. The van der Waals surface area contributed by atoms with Crippen molar-refractivity contribution in [3.63, 3.8) is 0 Å². The summed E-state index contributed by atoms with van der Waals surface area (Å²) in [6.07, 6.45) is 6.90. The van der Waals surface area contributed by atoms with Crippen LogP contribution in [0.3, 0.4) is 0 Å². The van der Waals surface area contributed by atoms with Gasteiger partial charge in [-0.1, -0.05) is 6.92 Å². The third-order valence-corrected chi connectivity index (χ3v) is 4.16. The molecule has 0 amide bonds. The minimum Gasteiger partial charge on any atom is -0.362 e. The lowest BCUT2D eigenvalue weighted by atomic mass is 10.3. The van der Waals surface area contributed by atoms with Gasteiger partial charge in [0, 0.05) is 26.0 Å². The van der Waals surface area contributed by atoms with E-state index in [2.05, 4.69) is 40.7 Å². The third kappa shape index (κ3) is 3.49. The van der Waals surface area contributed by atoms with E-state index >= 15 is 0 Å². The zero-order valence-corrected chi connectivity index (χ0v) is 14.2. The van der Waals surface area contributed by atoms with Gasteiger partial charge in [-0.2, -0.15) is 11.8 Å². The second-order valence-electron chi connectivity index (χ2n) is 5.32. The molecule has 0 N–H and O–H groups in total. The van der Waals surface area contributed by atoms with Crippen molar-refractivity contribution in [1.29, 1.82) is 0 Å². The molecule has 0 aliphatic rings. The molecule has 21 heavy (non-hydrogen) atoms. The van der Waals surface area contributed by atoms with Crippen molar-refractivity contribution in [3.05, 3.63) is 18.6 Å². The molecular weight excluding hydrogens is 284 g/mol. The van der Waals surface area contributed by atoms with Crippen LogP contribution in [0.5, 0.6) is 0 Å². The van der Waals surface area contributed by atoms with Gasteiger partial charge in [0.2, 0.25) is 0 Å². The van der Waals surface area contributed by atoms with E-state index in [-0.39, 0.29) is 12.3 Å². The Hall–Kier alpha value is -1.27. The number of nitrogens with zero attached hydrogens (tertiary/aromatic N) is 4. The maximum Gasteiger partial charge on any atom is 0.147 e. The molecule has 2 aromatic rings. The van der Waals surface area contributed by atoms with Gasteiger partial charge in [-0.25, -0.2) is 9.97 Å². The van der Waals surface area contributed by atoms with E-state index in [1.807, 2.05) is 25.2 Å². The summed E-state index contributed by atoms with van der Waals surface area (Å²) in [5, 5.41) is 1.06. The first-order valence-electron chi connectivity index (χ1n) is 7.21. The van der Waals surface area contributed by atoms with E-state index in [1.165, 1.54) is 0 Å². The highest BCUT2D eigenvalue weighted by Crippen LogP contribution is 2.27. The Balaban J connectivity index is 2.34. The van der Waals surface area contributed by atoms with Crippen LogP contribution in [0.1, 0.15) is 26.5 Å². The Morgan fingerprint density at radius 2 is 2.14 bits per heavy atom. The van der Waals surface area contributed by atoms with Gasteiger partial charge in [0.1, 0.15) is 24.0 Å². The average Bonchev–Trinajstić information content (AvgIpc) is 2.88. The second kappa shape index (κ2) is 7.13. The Morgan fingerprint density at radius 3 is 2.76 bits per heavy atom. The van der Waals surface area contributed by atoms with Crippen molar-refractivity contribution in [1.82, 2.24) is 14.5 Å². The number of rotatable bonds is 7. The van der Waals surface area contributed by atoms with Crippen LogP contribution >= 0.6 is 11.8 Å². The van der Waals surface area contributed by atoms with Crippen molar-refractivity contribution in [2.75, 3.05) is 31.0 Å². The molecular formula is C15H24N4OS. The predicted octanol–water partition coefficient (Wildman–Crippen LogP) is 3.17. The van der Waals surface area contributed by atoms with Gasteiger partial charge in [0.25, 0.3) is 0 Å². The Labute approximate surface area is 130 Å². The van der Waals surface area contributed by atoms with Crippen LogP contribution in [0.25, 0.3) is 11.0 Å². The van der Waals surface area contributed by atoms with Gasteiger partial charge in [0.05, 0.1) is 11.5 Å². The first kappa shape index (κ1) is 16.1. The summed E-state index contributed by atoms with van der Waals surface area (Å²) in [7, 11) is 3.99. The Kier molecular flexibility index (Phi) is 5.47. The molecule has 2 heterocycles. The van der Waals surface area contributed by atoms with Crippen molar-refractivity contribution in [2.24, 2.45) is 0 Å². The lowest BCUT2D eigenvalue weighted by Crippen LogP contribution is -2.20. The lowest BCUT2D eigenvalue weighted by Gasteiger charge is -2.23. The summed E-state index contributed by atoms with van der Waals surface area (Å²) < 4.78 is 8.27. The van der Waals surface area contributed by atoms with E-state index < -0.39 is 0 Å². The molecule has 6 heteroatoms. The average molecular weight is 308 g/mol. The Morgan fingerprint density at radius 1 is 1.38 bits per heavy atom. The van der Waals surface area contributed by atoms with Crippen molar-refractivity contribution < 1.29 is 4.74 Å². The smallest absolute Gasteiger partial charge is 0.147 e. The van der Waals surface area contributed by atoms with E-state index in [0.717, 1.165) is 29.0 Å². The number of aromatic nitrogens is 3. The molecule has 0 saturated heterocycles. The molecule has 0 radical (unpaired) electrons. The molecule has 5 nitrogen and oxygen atoms in total. The van der Waals surface area contributed by atoms with Crippen LogP contribution in [0.2, 0.25) is 0 Å². The highest BCUT2D eigenvalue weighted by Gasteiger charge is 2.17. The summed E-state index contributed by atoms with van der Waals surface area (Å²) in [5.74, 6) is 1.93. The van der Waals surface area contributed by atoms with Crippen molar-refractivity contribution >= 4 is 28.6 Å². The quantitative estimate of drug-likeness (QED) is 0.786. The van der Waals surface area contributed by atoms with Crippen LogP contribution in [0.4, 0.5) is 5.82 Å². The molecule has 0 bridgehead atoms. The lowest BCUT2D eigenvalue weighted by molar-refractivity contribution is -0.0346. The first-order chi connectivity index (χ1) is 10.1. The van der Waals surface area contributed by atoms with Crippen molar-refractivity contribution in [3.8, 4) is 0 Å².